The summed E-state index contributed by atoms with van der Waals surface area (Å²) in [5, 5.41) is 9.21. The van der Waals surface area contributed by atoms with Crippen LogP contribution in [0, 0.1) is 5.92 Å². The number of carboxylic acid groups (broad SMARTS) is 1. The summed E-state index contributed by atoms with van der Waals surface area (Å²) in [7, 11) is 0. The van der Waals surface area contributed by atoms with E-state index in [4.69, 9.17) is 5.73 Å². The Kier molecular flexibility index (Phi) is 6.13. The van der Waals surface area contributed by atoms with Gasteiger partial charge in [-0.1, -0.05) is 27.2 Å². The van der Waals surface area contributed by atoms with Crippen molar-refractivity contribution < 1.29 is 14.7 Å². The molecule has 1 saturated heterocycles. The van der Waals surface area contributed by atoms with Gasteiger partial charge < -0.3 is 15.7 Å². The Bertz CT molecular complexity index is 336. The average Bonchev–Trinajstić information content (AvgIpc) is 2.73. The zero-order valence-corrected chi connectivity index (χ0v) is 12.7. The third-order valence-corrected chi connectivity index (χ3v) is 4.82. The van der Waals surface area contributed by atoms with Crippen LogP contribution >= 0.6 is 11.8 Å². The van der Waals surface area contributed by atoms with E-state index in [1.165, 1.54) is 0 Å². The molecule has 3 atom stereocenters. The van der Waals surface area contributed by atoms with E-state index in [1.807, 2.05) is 20.8 Å². The van der Waals surface area contributed by atoms with Gasteiger partial charge in [0.05, 0.1) is 5.37 Å². The van der Waals surface area contributed by atoms with E-state index in [0.717, 1.165) is 12.8 Å². The number of carbonyl (C=O) groups is 2. The molecule has 5 nitrogen and oxygen atoms in total. The van der Waals surface area contributed by atoms with Gasteiger partial charge in [0.2, 0.25) is 5.91 Å². The number of nitrogens with two attached hydrogens (primary N) is 1. The second-order valence-electron chi connectivity index (χ2n) is 5.34. The number of hydrogen-bond donors (Lipinski definition) is 2. The molecule has 3 N–H and O–H groups in total. The van der Waals surface area contributed by atoms with Crippen LogP contribution in [0.2, 0.25) is 0 Å². The molecule has 110 valence electrons. The highest BCUT2D eigenvalue weighted by Gasteiger charge is 2.41. The van der Waals surface area contributed by atoms with Gasteiger partial charge in [0.25, 0.3) is 0 Å². The molecule has 1 heterocycles. The van der Waals surface area contributed by atoms with E-state index < -0.39 is 12.0 Å². The molecule has 0 radical (unpaired) electrons. The minimum absolute atomic E-state index is 0.0158. The second kappa shape index (κ2) is 7.14. The molecule has 1 aliphatic heterocycles. The van der Waals surface area contributed by atoms with Crippen LogP contribution in [-0.2, 0) is 9.59 Å². The van der Waals surface area contributed by atoms with Gasteiger partial charge in [-0.25, -0.2) is 4.79 Å². The van der Waals surface area contributed by atoms with Crippen molar-refractivity contribution in [3.05, 3.63) is 0 Å². The van der Waals surface area contributed by atoms with Crippen LogP contribution in [-0.4, -0.2) is 45.1 Å². The SMILES string of the molecule is CCCC1SCC(C(=O)O)N1C(=O)CC(N)C(C)C. The fraction of sp³-hybridized carbons (Fsp3) is 0.846. The Balaban J connectivity index is 2.77. The Labute approximate surface area is 118 Å². The van der Waals surface area contributed by atoms with Gasteiger partial charge >= 0.3 is 5.97 Å². The van der Waals surface area contributed by atoms with Crippen molar-refractivity contribution >= 4 is 23.6 Å². The topological polar surface area (TPSA) is 83.6 Å². The lowest BCUT2D eigenvalue weighted by molar-refractivity contribution is -0.149. The Morgan fingerprint density at radius 2 is 2.11 bits per heavy atom. The van der Waals surface area contributed by atoms with Gasteiger partial charge in [-0.3, -0.25) is 4.79 Å². The first-order chi connectivity index (χ1) is 8.88. The second-order valence-corrected chi connectivity index (χ2v) is 6.55. The smallest absolute Gasteiger partial charge is 0.327 e. The Morgan fingerprint density at radius 3 is 2.58 bits per heavy atom. The highest BCUT2D eigenvalue weighted by molar-refractivity contribution is 8.00. The average molecular weight is 288 g/mol. The predicted octanol–water partition coefficient (Wildman–Crippen LogP) is 1.51. The molecule has 0 bridgehead atoms. The highest BCUT2D eigenvalue weighted by Crippen LogP contribution is 2.33. The molecule has 1 aliphatic rings. The third kappa shape index (κ3) is 4.11. The Morgan fingerprint density at radius 1 is 1.47 bits per heavy atom. The largest absolute Gasteiger partial charge is 0.480 e. The fourth-order valence-electron chi connectivity index (χ4n) is 2.10. The number of thioether (sulfide) groups is 1. The van der Waals surface area contributed by atoms with Gasteiger partial charge in [-0.2, -0.15) is 0 Å². The monoisotopic (exact) mass is 288 g/mol. The molecule has 3 unspecified atom stereocenters. The molecule has 0 aliphatic carbocycles. The van der Waals surface area contributed by atoms with E-state index in [0.29, 0.717) is 5.75 Å². The third-order valence-electron chi connectivity index (χ3n) is 3.47. The van der Waals surface area contributed by atoms with Crippen molar-refractivity contribution in [1.82, 2.24) is 4.90 Å². The molecule has 0 aromatic carbocycles. The summed E-state index contributed by atoms with van der Waals surface area (Å²) < 4.78 is 0. The molecule has 0 saturated carbocycles. The van der Waals surface area contributed by atoms with E-state index in [2.05, 4.69) is 0 Å². The summed E-state index contributed by atoms with van der Waals surface area (Å²) in [6.45, 7) is 5.97. The van der Waals surface area contributed by atoms with Gasteiger partial charge in [0.15, 0.2) is 0 Å². The number of carboxylic acids is 1. The number of aliphatic carboxylic acids is 1. The quantitative estimate of drug-likeness (QED) is 0.774. The van der Waals surface area contributed by atoms with Crippen molar-refractivity contribution in [1.29, 1.82) is 0 Å². The van der Waals surface area contributed by atoms with E-state index in [-0.39, 0.29) is 29.7 Å². The number of nitrogens with zero attached hydrogens (tertiary/aromatic N) is 1. The highest BCUT2D eigenvalue weighted by atomic mass is 32.2. The summed E-state index contributed by atoms with van der Waals surface area (Å²) in [5.41, 5.74) is 5.92. The lowest BCUT2D eigenvalue weighted by atomic mass is 10.0. The first-order valence-corrected chi connectivity index (χ1v) is 7.84. The maximum Gasteiger partial charge on any atom is 0.327 e. The Hall–Kier alpha value is -0.750. The molecule has 1 rings (SSSR count). The zero-order chi connectivity index (χ0) is 14.6. The summed E-state index contributed by atoms with van der Waals surface area (Å²) >= 11 is 1.56. The number of rotatable bonds is 6. The minimum atomic E-state index is -0.919. The van der Waals surface area contributed by atoms with Gasteiger partial charge in [0.1, 0.15) is 6.04 Å². The van der Waals surface area contributed by atoms with Gasteiger partial charge in [-0.05, 0) is 12.3 Å². The van der Waals surface area contributed by atoms with Crippen molar-refractivity contribution in [2.75, 3.05) is 5.75 Å². The molecule has 1 amide bonds. The minimum Gasteiger partial charge on any atom is -0.480 e. The number of hydrogen-bond acceptors (Lipinski definition) is 4. The maximum absolute atomic E-state index is 12.3. The maximum atomic E-state index is 12.3. The molecular formula is C13H24N2O3S. The van der Waals surface area contributed by atoms with E-state index >= 15 is 0 Å². The first kappa shape index (κ1) is 16.3. The molecule has 0 spiro atoms. The van der Waals surface area contributed by atoms with Crippen LogP contribution in [0.1, 0.15) is 40.0 Å². The lowest BCUT2D eigenvalue weighted by Crippen LogP contribution is -2.47. The summed E-state index contributed by atoms with van der Waals surface area (Å²) in [5.74, 6) is -0.357. The van der Waals surface area contributed by atoms with Crippen LogP contribution in [0.15, 0.2) is 0 Å². The zero-order valence-electron chi connectivity index (χ0n) is 11.8. The van der Waals surface area contributed by atoms with E-state index in [9.17, 15) is 14.7 Å². The van der Waals surface area contributed by atoms with Gasteiger partial charge in [0, 0.05) is 18.2 Å². The summed E-state index contributed by atoms with van der Waals surface area (Å²) in [6, 6.07) is -0.914. The molecule has 0 aromatic heterocycles. The van der Waals surface area contributed by atoms with Crippen molar-refractivity contribution in [2.24, 2.45) is 11.7 Å². The molecule has 19 heavy (non-hydrogen) atoms. The van der Waals surface area contributed by atoms with Crippen LogP contribution < -0.4 is 5.73 Å². The molecule has 0 aromatic rings. The summed E-state index contributed by atoms with van der Waals surface area (Å²) in [4.78, 5) is 25.1. The van der Waals surface area contributed by atoms with Crippen LogP contribution in [0.3, 0.4) is 0 Å². The van der Waals surface area contributed by atoms with E-state index in [1.54, 1.807) is 16.7 Å². The van der Waals surface area contributed by atoms with Crippen molar-refractivity contribution in [3.63, 3.8) is 0 Å². The van der Waals surface area contributed by atoms with Crippen LogP contribution in [0.25, 0.3) is 0 Å². The van der Waals surface area contributed by atoms with Crippen LogP contribution in [0.4, 0.5) is 0 Å². The summed E-state index contributed by atoms with van der Waals surface area (Å²) in [6.07, 6.45) is 1.99. The normalized spacial score (nSPS) is 24.8. The molecule has 6 heteroatoms. The molecule has 1 fully saturated rings. The fourth-order valence-corrected chi connectivity index (χ4v) is 3.64. The first-order valence-electron chi connectivity index (χ1n) is 6.79. The van der Waals surface area contributed by atoms with Crippen molar-refractivity contribution in [2.45, 2.75) is 57.5 Å². The molecular weight excluding hydrogens is 264 g/mol. The van der Waals surface area contributed by atoms with Crippen LogP contribution in [0.5, 0.6) is 0 Å². The standard InChI is InChI=1S/C13H24N2O3S/c1-4-5-12-15(10(7-19-12)13(17)18)11(16)6-9(14)8(2)3/h8-10,12H,4-7,14H2,1-3H3,(H,17,18). The van der Waals surface area contributed by atoms with Gasteiger partial charge in [-0.15, -0.1) is 11.8 Å². The van der Waals surface area contributed by atoms with Crippen molar-refractivity contribution in [3.8, 4) is 0 Å². The number of carbonyl (C=O) groups excluding carboxylic acids is 1. The predicted molar refractivity (Wildman–Crippen MR) is 76.9 cm³/mol. The number of amides is 1. The lowest BCUT2D eigenvalue weighted by Gasteiger charge is -2.29.